The van der Waals surface area contributed by atoms with Crippen molar-refractivity contribution in [1.29, 1.82) is 0 Å². The molecule has 0 spiro atoms. The summed E-state index contributed by atoms with van der Waals surface area (Å²) < 4.78 is 0. The largest absolute Gasteiger partial charge is 0.481 e. The van der Waals surface area contributed by atoms with Crippen molar-refractivity contribution in [2.24, 2.45) is 0 Å². The second-order valence-electron chi connectivity index (χ2n) is 3.48. The van der Waals surface area contributed by atoms with Gasteiger partial charge in [-0.3, -0.25) is 14.4 Å². The van der Waals surface area contributed by atoms with E-state index >= 15 is 0 Å². The summed E-state index contributed by atoms with van der Waals surface area (Å²) in [4.78, 5) is 33.6. The Morgan fingerprint density at radius 3 is 2.20 bits per heavy atom. The Labute approximate surface area is 89.1 Å². The van der Waals surface area contributed by atoms with Gasteiger partial charge >= 0.3 is 5.97 Å². The zero-order valence-electron chi connectivity index (χ0n) is 9.15. The highest BCUT2D eigenvalue weighted by Crippen LogP contribution is 2.00. The number of rotatable bonds is 7. The van der Waals surface area contributed by atoms with E-state index in [0.29, 0.717) is 19.4 Å². The molecule has 86 valence electrons. The molecule has 1 amide bonds. The molecule has 0 atom stereocenters. The maximum atomic E-state index is 11.1. The van der Waals surface area contributed by atoms with Gasteiger partial charge in [-0.25, -0.2) is 0 Å². The van der Waals surface area contributed by atoms with E-state index < -0.39 is 5.97 Å². The highest BCUT2D eigenvalue weighted by molar-refractivity contribution is 5.82. The minimum absolute atomic E-state index is 0.0343. The summed E-state index contributed by atoms with van der Waals surface area (Å²) in [6.45, 7) is 2.00. The van der Waals surface area contributed by atoms with Gasteiger partial charge in [-0.2, -0.15) is 0 Å². The lowest BCUT2D eigenvalue weighted by Crippen LogP contribution is -2.25. The van der Waals surface area contributed by atoms with Crippen molar-refractivity contribution in [2.45, 2.75) is 32.6 Å². The van der Waals surface area contributed by atoms with E-state index in [9.17, 15) is 14.4 Å². The third-order valence-electron chi connectivity index (χ3n) is 2.10. The Kier molecular flexibility index (Phi) is 6.33. The van der Waals surface area contributed by atoms with E-state index in [2.05, 4.69) is 0 Å². The van der Waals surface area contributed by atoms with Crippen LogP contribution in [0.15, 0.2) is 0 Å². The van der Waals surface area contributed by atoms with Gasteiger partial charge in [-0.15, -0.1) is 0 Å². The Hall–Kier alpha value is -1.39. The maximum absolute atomic E-state index is 11.1. The summed E-state index contributed by atoms with van der Waals surface area (Å²) in [5, 5.41) is 8.34. The fraction of sp³-hybridized carbons (Fsp3) is 0.700. The SMILES string of the molecule is CC(=O)N(C)CCCC(=O)CCC(=O)O. The number of carbonyl (C=O) groups excluding carboxylic acids is 2. The van der Waals surface area contributed by atoms with Gasteiger partial charge in [0.1, 0.15) is 5.78 Å². The van der Waals surface area contributed by atoms with E-state index in [1.807, 2.05) is 0 Å². The molecule has 0 bridgehead atoms. The number of Topliss-reactive ketones (excluding diaryl/α,β-unsaturated/α-hetero) is 1. The van der Waals surface area contributed by atoms with Crippen molar-refractivity contribution in [3.8, 4) is 0 Å². The Bertz CT molecular complexity index is 250. The standard InChI is InChI=1S/C10H17NO4/c1-8(12)11(2)7-3-4-9(13)5-6-10(14)15/h3-7H2,1-2H3,(H,14,15). The van der Waals surface area contributed by atoms with E-state index in [4.69, 9.17) is 5.11 Å². The summed E-state index contributed by atoms with van der Waals surface area (Å²) in [5.41, 5.74) is 0. The van der Waals surface area contributed by atoms with E-state index in [1.54, 1.807) is 7.05 Å². The predicted molar refractivity (Wildman–Crippen MR) is 54.4 cm³/mol. The van der Waals surface area contributed by atoms with Crippen LogP contribution in [0.4, 0.5) is 0 Å². The first kappa shape index (κ1) is 13.6. The zero-order chi connectivity index (χ0) is 11.8. The fourth-order valence-electron chi connectivity index (χ4n) is 1.04. The lowest BCUT2D eigenvalue weighted by atomic mass is 10.1. The zero-order valence-corrected chi connectivity index (χ0v) is 9.15. The first-order chi connectivity index (χ1) is 6.93. The first-order valence-electron chi connectivity index (χ1n) is 4.88. The molecule has 5 heteroatoms. The minimum Gasteiger partial charge on any atom is -0.481 e. The number of nitrogens with zero attached hydrogens (tertiary/aromatic N) is 1. The number of amides is 1. The molecule has 0 unspecified atom stereocenters. The average molecular weight is 215 g/mol. The van der Waals surface area contributed by atoms with Crippen LogP contribution in [0.1, 0.15) is 32.6 Å². The van der Waals surface area contributed by atoms with Gasteiger partial charge in [0.05, 0.1) is 6.42 Å². The number of aliphatic carboxylic acids is 1. The quantitative estimate of drug-likeness (QED) is 0.677. The van der Waals surface area contributed by atoms with Gasteiger partial charge in [0, 0.05) is 33.4 Å². The van der Waals surface area contributed by atoms with Crippen LogP contribution in [0.25, 0.3) is 0 Å². The van der Waals surface area contributed by atoms with Crippen LogP contribution in [-0.2, 0) is 14.4 Å². The van der Waals surface area contributed by atoms with E-state index in [0.717, 1.165) is 0 Å². The monoisotopic (exact) mass is 215 g/mol. The molecule has 0 aromatic carbocycles. The molecule has 0 aromatic rings. The molecule has 0 aliphatic carbocycles. The van der Waals surface area contributed by atoms with Gasteiger partial charge in [0.2, 0.25) is 5.91 Å². The Morgan fingerprint density at radius 1 is 1.13 bits per heavy atom. The fourth-order valence-corrected chi connectivity index (χ4v) is 1.04. The first-order valence-corrected chi connectivity index (χ1v) is 4.88. The van der Waals surface area contributed by atoms with Crippen LogP contribution >= 0.6 is 0 Å². The lowest BCUT2D eigenvalue weighted by molar-refractivity contribution is -0.138. The molecule has 0 rings (SSSR count). The number of ketones is 1. The molecule has 0 saturated heterocycles. The molecule has 0 aliphatic rings. The van der Waals surface area contributed by atoms with Crippen LogP contribution in [-0.4, -0.2) is 41.3 Å². The number of carboxylic acids is 1. The van der Waals surface area contributed by atoms with Gasteiger partial charge < -0.3 is 10.0 Å². The summed E-state index contributed by atoms with van der Waals surface area (Å²) in [7, 11) is 1.67. The summed E-state index contributed by atoms with van der Waals surface area (Å²) in [5.74, 6) is -1.05. The van der Waals surface area contributed by atoms with Crippen molar-refractivity contribution in [2.75, 3.05) is 13.6 Å². The number of hydrogen-bond acceptors (Lipinski definition) is 3. The average Bonchev–Trinajstić information content (AvgIpc) is 2.14. The normalized spacial score (nSPS) is 9.73. The van der Waals surface area contributed by atoms with Gasteiger partial charge in [0.15, 0.2) is 0 Å². The summed E-state index contributed by atoms with van der Waals surface area (Å²) >= 11 is 0. The third kappa shape index (κ3) is 7.66. The van der Waals surface area contributed by atoms with Gasteiger partial charge in [-0.05, 0) is 6.42 Å². The molecule has 0 radical (unpaired) electrons. The van der Waals surface area contributed by atoms with Crippen molar-refractivity contribution in [3.63, 3.8) is 0 Å². The van der Waals surface area contributed by atoms with E-state index in [1.165, 1.54) is 11.8 Å². The molecule has 15 heavy (non-hydrogen) atoms. The number of hydrogen-bond donors (Lipinski definition) is 1. The Balaban J connectivity index is 3.55. The predicted octanol–water partition coefficient (Wildman–Crippen LogP) is 0.679. The van der Waals surface area contributed by atoms with Crippen LogP contribution in [0.2, 0.25) is 0 Å². The van der Waals surface area contributed by atoms with Crippen LogP contribution in [0.3, 0.4) is 0 Å². The second kappa shape index (κ2) is 6.98. The van der Waals surface area contributed by atoms with Crippen molar-refractivity contribution < 1.29 is 19.5 Å². The van der Waals surface area contributed by atoms with Crippen LogP contribution in [0.5, 0.6) is 0 Å². The van der Waals surface area contributed by atoms with Gasteiger partial charge in [-0.1, -0.05) is 0 Å². The van der Waals surface area contributed by atoms with Crippen molar-refractivity contribution >= 4 is 17.7 Å². The van der Waals surface area contributed by atoms with Crippen LogP contribution < -0.4 is 0 Å². The van der Waals surface area contributed by atoms with Crippen LogP contribution in [0, 0.1) is 0 Å². The molecule has 0 saturated carbocycles. The molecule has 5 nitrogen and oxygen atoms in total. The Morgan fingerprint density at radius 2 is 1.73 bits per heavy atom. The number of carboxylic acid groups (broad SMARTS) is 1. The summed E-state index contributed by atoms with van der Waals surface area (Å²) in [6, 6.07) is 0. The second-order valence-corrected chi connectivity index (χ2v) is 3.48. The maximum Gasteiger partial charge on any atom is 0.303 e. The molecule has 0 fully saturated rings. The molecule has 1 N–H and O–H groups in total. The molecule has 0 heterocycles. The highest BCUT2D eigenvalue weighted by Gasteiger charge is 2.07. The number of carbonyl (C=O) groups is 3. The molecular weight excluding hydrogens is 198 g/mol. The molecular formula is C10H17NO4. The molecule has 0 aliphatic heterocycles. The highest BCUT2D eigenvalue weighted by atomic mass is 16.4. The molecule has 0 aromatic heterocycles. The lowest BCUT2D eigenvalue weighted by Gasteiger charge is -2.13. The smallest absolute Gasteiger partial charge is 0.303 e. The summed E-state index contributed by atoms with van der Waals surface area (Å²) in [6.07, 6.45) is 0.903. The van der Waals surface area contributed by atoms with Crippen molar-refractivity contribution in [1.82, 2.24) is 4.90 Å². The van der Waals surface area contributed by atoms with Crippen molar-refractivity contribution in [3.05, 3.63) is 0 Å². The topological polar surface area (TPSA) is 74.7 Å². The van der Waals surface area contributed by atoms with Gasteiger partial charge in [0.25, 0.3) is 0 Å². The minimum atomic E-state index is -0.954. The van der Waals surface area contributed by atoms with E-state index in [-0.39, 0.29) is 24.5 Å². The third-order valence-corrected chi connectivity index (χ3v) is 2.10.